The standard InChI is InChI=1S/C28H25NS/c1-19(21-11-5-3-6-12-21)23-17-18-24(20(2)22-13-7-4-8-14-22)28-27(23)29-25-15-9-10-16-26(25)30-28/h3-20,23H,1-2H3. The van der Waals surface area contributed by atoms with Gasteiger partial charge in [0.15, 0.2) is 0 Å². The number of allylic oxidation sites excluding steroid dienone is 4. The van der Waals surface area contributed by atoms with Crippen molar-refractivity contribution in [2.75, 3.05) is 0 Å². The number of aliphatic imine (C=N–C) groups is 1. The Kier molecular flexibility index (Phi) is 5.18. The van der Waals surface area contributed by atoms with Crippen LogP contribution in [-0.4, -0.2) is 5.71 Å². The number of hydrogen-bond acceptors (Lipinski definition) is 2. The van der Waals surface area contributed by atoms with Crippen LogP contribution < -0.4 is 0 Å². The topological polar surface area (TPSA) is 12.4 Å². The van der Waals surface area contributed by atoms with E-state index in [0.29, 0.717) is 11.8 Å². The van der Waals surface area contributed by atoms with Crippen LogP contribution in [0.1, 0.15) is 36.8 Å². The molecule has 30 heavy (non-hydrogen) atoms. The van der Waals surface area contributed by atoms with Crippen molar-refractivity contribution in [3.63, 3.8) is 0 Å². The Labute approximate surface area is 183 Å². The molecule has 1 heterocycles. The zero-order valence-corrected chi connectivity index (χ0v) is 18.1. The van der Waals surface area contributed by atoms with Gasteiger partial charge in [0.1, 0.15) is 0 Å². The maximum absolute atomic E-state index is 5.21. The largest absolute Gasteiger partial charge is 0.250 e. The second kappa shape index (κ2) is 8.12. The third-order valence-electron chi connectivity index (χ3n) is 6.24. The summed E-state index contributed by atoms with van der Waals surface area (Å²) in [6.07, 6.45) is 4.74. The molecular formula is C28H25NS. The monoisotopic (exact) mass is 407 g/mol. The first-order chi connectivity index (χ1) is 14.7. The lowest BCUT2D eigenvalue weighted by molar-refractivity contribution is 0.674. The van der Waals surface area contributed by atoms with Gasteiger partial charge in [0, 0.05) is 21.6 Å². The predicted molar refractivity (Wildman–Crippen MR) is 129 cm³/mol. The summed E-state index contributed by atoms with van der Waals surface area (Å²) in [4.78, 5) is 7.79. The first-order valence-electron chi connectivity index (χ1n) is 10.6. The van der Waals surface area contributed by atoms with Crippen LogP contribution in [0.4, 0.5) is 5.69 Å². The van der Waals surface area contributed by atoms with Gasteiger partial charge in [-0.05, 0) is 34.8 Å². The van der Waals surface area contributed by atoms with E-state index in [2.05, 4.69) is 111 Å². The summed E-state index contributed by atoms with van der Waals surface area (Å²) in [6, 6.07) is 30.1. The van der Waals surface area contributed by atoms with E-state index in [1.807, 2.05) is 11.8 Å². The summed E-state index contributed by atoms with van der Waals surface area (Å²) < 4.78 is 0. The Morgan fingerprint density at radius 2 is 1.40 bits per heavy atom. The molecule has 5 rings (SSSR count). The highest BCUT2D eigenvalue weighted by Crippen LogP contribution is 2.49. The minimum atomic E-state index is 0.273. The van der Waals surface area contributed by atoms with Crippen molar-refractivity contribution >= 4 is 23.2 Å². The van der Waals surface area contributed by atoms with Gasteiger partial charge in [-0.25, -0.2) is 0 Å². The molecule has 148 valence electrons. The normalized spacial score (nSPS) is 19.5. The van der Waals surface area contributed by atoms with Crippen molar-refractivity contribution in [1.29, 1.82) is 0 Å². The molecule has 1 aliphatic carbocycles. The fourth-order valence-corrected chi connectivity index (χ4v) is 5.65. The van der Waals surface area contributed by atoms with E-state index >= 15 is 0 Å². The van der Waals surface area contributed by atoms with Crippen LogP contribution >= 0.6 is 11.8 Å². The SMILES string of the molecule is CC(C1=C2Sc3ccccc3N=C2C(C(C)c2ccccc2)C=C1)c1ccccc1. The predicted octanol–water partition coefficient (Wildman–Crippen LogP) is 7.91. The molecule has 0 aromatic heterocycles. The van der Waals surface area contributed by atoms with E-state index in [9.17, 15) is 0 Å². The molecule has 2 aliphatic rings. The lowest BCUT2D eigenvalue weighted by atomic mass is 9.78. The average molecular weight is 408 g/mol. The molecule has 0 bridgehead atoms. The van der Waals surface area contributed by atoms with E-state index in [4.69, 9.17) is 4.99 Å². The van der Waals surface area contributed by atoms with Gasteiger partial charge in [0.05, 0.1) is 11.4 Å². The minimum Gasteiger partial charge on any atom is -0.250 e. The molecular weight excluding hydrogens is 382 g/mol. The highest BCUT2D eigenvalue weighted by Gasteiger charge is 2.33. The summed E-state index contributed by atoms with van der Waals surface area (Å²) in [5.74, 6) is 0.971. The molecule has 3 aromatic carbocycles. The van der Waals surface area contributed by atoms with Gasteiger partial charge in [0.2, 0.25) is 0 Å². The van der Waals surface area contributed by atoms with Crippen LogP contribution in [0.15, 0.2) is 117 Å². The molecule has 0 fully saturated rings. The Morgan fingerprint density at radius 3 is 2.13 bits per heavy atom. The second-order valence-electron chi connectivity index (χ2n) is 8.07. The average Bonchev–Trinajstić information content (AvgIpc) is 2.82. The molecule has 3 unspecified atom stereocenters. The summed E-state index contributed by atoms with van der Waals surface area (Å²) >= 11 is 1.89. The quantitative estimate of drug-likeness (QED) is 0.428. The Balaban J connectivity index is 1.61. The lowest BCUT2D eigenvalue weighted by Crippen LogP contribution is -2.25. The zero-order valence-electron chi connectivity index (χ0n) is 17.3. The molecule has 0 spiro atoms. The molecule has 0 radical (unpaired) electrons. The number of rotatable bonds is 4. The Bertz CT molecular complexity index is 1140. The van der Waals surface area contributed by atoms with Gasteiger partial charge in [-0.3, -0.25) is 4.99 Å². The molecule has 2 heteroatoms. The van der Waals surface area contributed by atoms with Gasteiger partial charge in [0.25, 0.3) is 0 Å². The third-order valence-corrected chi connectivity index (χ3v) is 7.46. The Morgan fingerprint density at radius 1 is 0.767 bits per heavy atom. The summed E-state index contributed by atoms with van der Waals surface area (Å²) in [5.41, 5.74) is 6.38. The van der Waals surface area contributed by atoms with Gasteiger partial charge >= 0.3 is 0 Å². The van der Waals surface area contributed by atoms with Crippen LogP contribution in [0.3, 0.4) is 0 Å². The van der Waals surface area contributed by atoms with E-state index in [1.165, 1.54) is 32.2 Å². The van der Waals surface area contributed by atoms with Crippen molar-refractivity contribution in [2.24, 2.45) is 10.9 Å². The van der Waals surface area contributed by atoms with Crippen molar-refractivity contribution in [2.45, 2.75) is 30.6 Å². The first kappa shape index (κ1) is 19.1. The number of fused-ring (bicyclic) bond motifs is 2. The molecule has 3 atom stereocenters. The number of para-hydroxylation sites is 1. The highest BCUT2D eigenvalue weighted by atomic mass is 32.2. The van der Waals surface area contributed by atoms with Crippen molar-refractivity contribution < 1.29 is 0 Å². The van der Waals surface area contributed by atoms with Gasteiger partial charge in [-0.1, -0.05) is 111 Å². The van der Waals surface area contributed by atoms with E-state index in [-0.39, 0.29) is 5.92 Å². The van der Waals surface area contributed by atoms with Gasteiger partial charge in [-0.15, -0.1) is 0 Å². The van der Waals surface area contributed by atoms with Crippen molar-refractivity contribution in [1.82, 2.24) is 0 Å². The highest BCUT2D eigenvalue weighted by molar-refractivity contribution is 8.04. The molecule has 0 amide bonds. The summed E-state index contributed by atoms with van der Waals surface area (Å²) in [7, 11) is 0. The number of thioether (sulfide) groups is 1. The van der Waals surface area contributed by atoms with Crippen molar-refractivity contribution in [3.8, 4) is 0 Å². The van der Waals surface area contributed by atoms with E-state index in [0.717, 1.165) is 5.69 Å². The molecule has 0 saturated heterocycles. The second-order valence-corrected chi connectivity index (χ2v) is 9.12. The van der Waals surface area contributed by atoms with Gasteiger partial charge < -0.3 is 0 Å². The first-order valence-corrected chi connectivity index (χ1v) is 11.4. The van der Waals surface area contributed by atoms with Crippen LogP contribution in [0.2, 0.25) is 0 Å². The number of hydrogen-bond donors (Lipinski definition) is 0. The molecule has 1 aliphatic heterocycles. The smallest absolute Gasteiger partial charge is 0.0773 e. The fourth-order valence-electron chi connectivity index (χ4n) is 4.42. The third kappa shape index (κ3) is 3.46. The maximum atomic E-state index is 5.21. The molecule has 0 saturated carbocycles. The lowest BCUT2D eigenvalue weighted by Gasteiger charge is -2.33. The molecule has 3 aromatic rings. The molecule has 1 nitrogen and oxygen atoms in total. The van der Waals surface area contributed by atoms with Crippen LogP contribution in [0, 0.1) is 5.92 Å². The number of benzene rings is 3. The van der Waals surface area contributed by atoms with Crippen LogP contribution in [0.25, 0.3) is 0 Å². The Hall–Kier alpha value is -2.84. The fraction of sp³-hybridized carbons (Fsp3) is 0.179. The number of nitrogens with zero attached hydrogens (tertiary/aromatic N) is 1. The minimum absolute atomic E-state index is 0.273. The van der Waals surface area contributed by atoms with Crippen LogP contribution in [-0.2, 0) is 0 Å². The molecule has 0 N–H and O–H groups in total. The van der Waals surface area contributed by atoms with Gasteiger partial charge in [-0.2, -0.15) is 0 Å². The maximum Gasteiger partial charge on any atom is 0.0773 e. The van der Waals surface area contributed by atoms with Crippen molar-refractivity contribution in [3.05, 3.63) is 119 Å². The summed E-state index contributed by atoms with van der Waals surface area (Å²) in [6.45, 7) is 4.63. The van der Waals surface area contributed by atoms with E-state index < -0.39 is 0 Å². The van der Waals surface area contributed by atoms with Crippen LogP contribution in [0.5, 0.6) is 0 Å². The van der Waals surface area contributed by atoms with E-state index in [1.54, 1.807) is 0 Å². The summed E-state index contributed by atoms with van der Waals surface area (Å²) in [5, 5.41) is 0. The zero-order chi connectivity index (χ0) is 20.5.